The lowest BCUT2D eigenvalue weighted by molar-refractivity contribution is -0.120. The standard InChI is InChI=1S/C18H20N2O2/c1-12(17(19)13-5-3-2-4-6-13)18(21)20-15-7-8-16-14(11-15)9-10-22-16/h2-8,11-12,17H,9-10,19H2,1H3,(H,20,21). The molecule has 1 amide bonds. The van der Waals surface area contributed by atoms with E-state index in [9.17, 15) is 4.79 Å². The predicted molar refractivity (Wildman–Crippen MR) is 86.8 cm³/mol. The van der Waals surface area contributed by atoms with Crippen LogP contribution in [0.1, 0.15) is 24.1 Å². The zero-order valence-corrected chi connectivity index (χ0v) is 12.6. The van der Waals surface area contributed by atoms with Crippen LogP contribution in [0, 0.1) is 5.92 Å². The summed E-state index contributed by atoms with van der Waals surface area (Å²) in [6, 6.07) is 15.1. The van der Waals surface area contributed by atoms with E-state index in [2.05, 4.69) is 5.32 Å². The van der Waals surface area contributed by atoms with E-state index in [1.807, 2.05) is 55.5 Å². The van der Waals surface area contributed by atoms with E-state index in [-0.39, 0.29) is 17.9 Å². The Morgan fingerprint density at radius 3 is 2.77 bits per heavy atom. The van der Waals surface area contributed by atoms with Gasteiger partial charge in [-0.15, -0.1) is 0 Å². The Hall–Kier alpha value is -2.33. The van der Waals surface area contributed by atoms with E-state index < -0.39 is 0 Å². The highest BCUT2D eigenvalue weighted by molar-refractivity contribution is 5.93. The summed E-state index contributed by atoms with van der Waals surface area (Å²) < 4.78 is 5.47. The molecule has 4 heteroatoms. The highest BCUT2D eigenvalue weighted by Crippen LogP contribution is 2.28. The van der Waals surface area contributed by atoms with Crippen LogP contribution in [0.2, 0.25) is 0 Å². The highest BCUT2D eigenvalue weighted by atomic mass is 16.5. The average molecular weight is 296 g/mol. The van der Waals surface area contributed by atoms with E-state index in [0.717, 1.165) is 29.0 Å². The van der Waals surface area contributed by atoms with Gasteiger partial charge >= 0.3 is 0 Å². The second-order valence-electron chi connectivity index (χ2n) is 5.64. The number of anilines is 1. The van der Waals surface area contributed by atoms with Gasteiger partial charge in [0.1, 0.15) is 5.75 Å². The molecule has 0 aliphatic carbocycles. The van der Waals surface area contributed by atoms with Crippen molar-refractivity contribution in [2.75, 3.05) is 11.9 Å². The molecule has 0 spiro atoms. The number of hydrogen-bond acceptors (Lipinski definition) is 3. The van der Waals surface area contributed by atoms with Gasteiger partial charge in [0, 0.05) is 18.2 Å². The number of rotatable bonds is 4. The summed E-state index contributed by atoms with van der Waals surface area (Å²) in [7, 11) is 0. The maximum Gasteiger partial charge on any atom is 0.229 e. The molecule has 3 rings (SSSR count). The largest absolute Gasteiger partial charge is 0.493 e. The Morgan fingerprint density at radius 1 is 1.23 bits per heavy atom. The second-order valence-corrected chi connectivity index (χ2v) is 5.64. The molecular weight excluding hydrogens is 276 g/mol. The summed E-state index contributed by atoms with van der Waals surface area (Å²) in [5, 5.41) is 2.95. The molecular formula is C18H20N2O2. The van der Waals surface area contributed by atoms with Crippen molar-refractivity contribution in [2.24, 2.45) is 11.7 Å². The number of amides is 1. The molecule has 114 valence electrons. The van der Waals surface area contributed by atoms with Crippen molar-refractivity contribution in [2.45, 2.75) is 19.4 Å². The fraction of sp³-hybridized carbons (Fsp3) is 0.278. The zero-order valence-electron chi connectivity index (χ0n) is 12.6. The van der Waals surface area contributed by atoms with Crippen LogP contribution in [-0.4, -0.2) is 12.5 Å². The molecule has 0 saturated heterocycles. The van der Waals surface area contributed by atoms with Crippen LogP contribution in [0.3, 0.4) is 0 Å². The van der Waals surface area contributed by atoms with E-state index >= 15 is 0 Å². The lowest BCUT2D eigenvalue weighted by Crippen LogP contribution is -2.30. The second kappa shape index (κ2) is 6.20. The molecule has 4 nitrogen and oxygen atoms in total. The van der Waals surface area contributed by atoms with Crippen LogP contribution in [0.5, 0.6) is 5.75 Å². The third-order valence-electron chi connectivity index (χ3n) is 4.09. The summed E-state index contributed by atoms with van der Waals surface area (Å²) in [5.41, 5.74) is 9.10. The lowest BCUT2D eigenvalue weighted by atomic mass is 9.94. The summed E-state index contributed by atoms with van der Waals surface area (Å²) in [5.74, 6) is 0.522. The molecule has 2 aromatic rings. The SMILES string of the molecule is CC(C(=O)Nc1ccc2c(c1)CCO2)C(N)c1ccccc1. The van der Waals surface area contributed by atoms with Gasteiger partial charge in [-0.2, -0.15) is 0 Å². The topological polar surface area (TPSA) is 64.3 Å². The third kappa shape index (κ3) is 2.97. The minimum atomic E-state index is -0.320. The molecule has 22 heavy (non-hydrogen) atoms. The molecule has 0 saturated carbocycles. The Labute approximate surface area is 130 Å². The molecule has 1 heterocycles. The number of nitrogens with one attached hydrogen (secondary N) is 1. The van der Waals surface area contributed by atoms with E-state index in [4.69, 9.17) is 10.5 Å². The Kier molecular flexibility index (Phi) is 4.11. The van der Waals surface area contributed by atoms with Crippen LogP contribution in [0.4, 0.5) is 5.69 Å². The van der Waals surface area contributed by atoms with Crippen LogP contribution in [0.15, 0.2) is 48.5 Å². The first kappa shape index (κ1) is 14.6. The summed E-state index contributed by atoms with van der Waals surface area (Å²) in [6.45, 7) is 2.56. The van der Waals surface area contributed by atoms with E-state index in [1.165, 1.54) is 0 Å². The van der Waals surface area contributed by atoms with Crippen LogP contribution in [0.25, 0.3) is 0 Å². The first-order valence-electron chi connectivity index (χ1n) is 7.52. The first-order chi connectivity index (χ1) is 10.6. The highest BCUT2D eigenvalue weighted by Gasteiger charge is 2.22. The van der Waals surface area contributed by atoms with Gasteiger partial charge in [0.15, 0.2) is 0 Å². The number of carbonyl (C=O) groups is 1. The maximum atomic E-state index is 12.4. The quantitative estimate of drug-likeness (QED) is 0.912. The van der Waals surface area contributed by atoms with Gasteiger partial charge in [0.2, 0.25) is 5.91 Å². The molecule has 0 fully saturated rings. The molecule has 0 bridgehead atoms. The van der Waals surface area contributed by atoms with Crippen molar-refractivity contribution < 1.29 is 9.53 Å². The Balaban J connectivity index is 1.69. The normalized spacial score (nSPS) is 15.5. The van der Waals surface area contributed by atoms with Crippen LogP contribution < -0.4 is 15.8 Å². The van der Waals surface area contributed by atoms with Gasteiger partial charge in [-0.25, -0.2) is 0 Å². The molecule has 1 aliphatic rings. The zero-order chi connectivity index (χ0) is 15.5. The average Bonchev–Trinajstić information content (AvgIpc) is 3.02. The van der Waals surface area contributed by atoms with Crippen LogP contribution >= 0.6 is 0 Å². The number of ether oxygens (including phenoxy) is 1. The van der Waals surface area contributed by atoms with Crippen molar-refractivity contribution in [1.82, 2.24) is 0 Å². The minimum Gasteiger partial charge on any atom is -0.493 e. The first-order valence-corrected chi connectivity index (χ1v) is 7.52. The number of nitrogens with two attached hydrogens (primary N) is 1. The van der Waals surface area contributed by atoms with Crippen molar-refractivity contribution >= 4 is 11.6 Å². The van der Waals surface area contributed by atoms with Gasteiger partial charge in [-0.3, -0.25) is 4.79 Å². The van der Waals surface area contributed by atoms with Crippen molar-refractivity contribution in [3.8, 4) is 5.75 Å². The third-order valence-corrected chi connectivity index (χ3v) is 4.09. The van der Waals surface area contributed by atoms with Gasteiger partial charge in [0.05, 0.1) is 12.5 Å². The van der Waals surface area contributed by atoms with Crippen molar-refractivity contribution in [3.63, 3.8) is 0 Å². The Bertz CT molecular complexity index is 670. The van der Waals surface area contributed by atoms with E-state index in [0.29, 0.717) is 6.61 Å². The molecule has 2 unspecified atom stereocenters. The number of benzene rings is 2. The molecule has 3 N–H and O–H groups in total. The lowest BCUT2D eigenvalue weighted by Gasteiger charge is -2.20. The van der Waals surface area contributed by atoms with Crippen molar-refractivity contribution in [1.29, 1.82) is 0 Å². The predicted octanol–water partition coefficient (Wildman–Crippen LogP) is 2.90. The number of carbonyl (C=O) groups excluding carboxylic acids is 1. The maximum absolute atomic E-state index is 12.4. The molecule has 0 radical (unpaired) electrons. The smallest absolute Gasteiger partial charge is 0.229 e. The summed E-state index contributed by atoms with van der Waals surface area (Å²) >= 11 is 0. The van der Waals surface area contributed by atoms with Crippen molar-refractivity contribution in [3.05, 3.63) is 59.7 Å². The van der Waals surface area contributed by atoms with Gasteiger partial charge in [-0.05, 0) is 29.3 Å². The monoisotopic (exact) mass is 296 g/mol. The van der Waals surface area contributed by atoms with Gasteiger partial charge in [-0.1, -0.05) is 37.3 Å². The minimum absolute atomic E-state index is 0.0739. The van der Waals surface area contributed by atoms with Crippen LogP contribution in [-0.2, 0) is 11.2 Å². The molecule has 2 atom stereocenters. The van der Waals surface area contributed by atoms with Gasteiger partial charge in [0.25, 0.3) is 0 Å². The fourth-order valence-corrected chi connectivity index (χ4v) is 2.65. The number of fused-ring (bicyclic) bond motifs is 1. The van der Waals surface area contributed by atoms with E-state index in [1.54, 1.807) is 0 Å². The fourth-order valence-electron chi connectivity index (χ4n) is 2.65. The summed E-state index contributed by atoms with van der Waals surface area (Å²) in [6.07, 6.45) is 0.887. The Morgan fingerprint density at radius 2 is 2.00 bits per heavy atom. The number of hydrogen-bond donors (Lipinski definition) is 2. The van der Waals surface area contributed by atoms with Gasteiger partial charge < -0.3 is 15.8 Å². The molecule has 0 aromatic heterocycles. The summed E-state index contributed by atoms with van der Waals surface area (Å²) in [4.78, 5) is 12.4. The molecule has 1 aliphatic heterocycles. The molecule has 2 aromatic carbocycles.